The number of hydrogen-bond donors (Lipinski definition) is 0. The van der Waals surface area contributed by atoms with Crippen molar-refractivity contribution in [3.63, 3.8) is 0 Å². The number of fused-ring (bicyclic) bond motifs is 1. The van der Waals surface area contributed by atoms with E-state index in [0.717, 1.165) is 58.6 Å². The highest BCUT2D eigenvalue weighted by Gasteiger charge is 2.32. The number of anilines is 1. The average molecular weight is 597 g/mol. The van der Waals surface area contributed by atoms with E-state index in [0.29, 0.717) is 52.0 Å². The molecule has 44 heavy (non-hydrogen) atoms. The predicted octanol–water partition coefficient (Wildman–Crippen LogP) is 6.69. The number of nitrogens with zero attached hydrogens (tertiary/aromatic N) is 4. The largest absolute Gasteiger partial charge is 0.489 e. The van der Waals surface area contributed by atoms with Crippen molar-refractivity contribution in [2.75, 3.05) is 31.3 Å². The van der Waals surface area contributed by atoms with E-state index in [4.69, 9.17) is 19.2 Å². The summed E-state index contributed by atoms with van der Waals surface area (Å²) in [6.45, 7) is 10.1. The molecule has 2 heterocycles. The molecule has 1 aliphatic carbocycles. The van der Waals surface area contributed by atoms with Crippen LogP contribution >= 0.6 is 0 Å². The van der Waals surface area contributed by atoms with Crippen LogP contribution in [0.5, 0.6) is 5.75 Å². The van der Waals surface area contributed by atoms with Gasteiger partial charge in [0.25, 0.3) is 0 Å². The first-order valence-corrected chi connectivity index (χ1v) is 15.8. The van der Waals surface area contributed by atoms with Gasteiger partial charge in [0.1, 0.15) is 12.4 Å². The van der Waals surface area contributed by atoms with Gasteiger partial charge in [0.05, 0.1) is 56.9 Å². The molecule has 1 aliphatic rings. The molecule has 0 N–H and O–H groups in total. The van der Waals surface area contributed by atoms with Crippen LogP contribution in [-0.2, 0) is 40.4 Å². The summed E-state index contributed by atoms with van der Waals surface area (Å²) in [6, 6.07) is 20.3. The van der Waals surface area contributed by atoms with E-state index in [2.05, 4.69) is 37.1 Å². The van der Waals surface area contributed by atoms with Gasteiger partial charge in [0.15, 0.2) is 0 Å². The summed E-state index contributed by atoms with van der Waals surface area (Å²) in [5.41, 5.74) is 6.06. The molecule has 0 spiro atoms. The molecule has 2 aromatic carbocycles. The second-order valence-corrected chi connectivity index (χ2v) is 11.5. The minimum absolute atomic E-state index is 0.0669. The number of rotatable bonds is 15. The highest BCUT2D eigenvalue weighted by molar-refractivity contribution is 5.98. The van der Waals surface area contributed by atoms with E-state index >= 15 is 0 Å². The van der Waals surface area contributed by atoms with E-state index < -0.39 is 0 Å². The molecule has 0 saturated carbocycles. The summed E-state index contributed by atoms with van der Waals surface area (Å²) in [5, 5.41) is 4.53. The van der Waals surface area contributed by atoms with Crippen LogP contribution in [0.1, 0.15) is 73.4 Å². The van der Waals surface area contributed by atoms with Gasteiger partial charge in [-0.15, -0.1) is 0 Å². The highest BCUT2D eigenvalue weighted by atomic mass is 16.5. The first-order chi connectivity index (χ1) is 21.5. The fourth-order valence-electron chi connectivity index (χ4n) is 5.64. The number of benzene rings is 2. The Kier molecular flexibility index (Phi) is 11.2. The smallest absolute Gasteiger partial charge is 0.234 e. The summed E-state index contributed by atoms with van der Waals surface area (Å²) >= 11 is 0. The van der Waals surface area contributed by atoms with E-state index in [1.54, 1.807) is 0 Å². The lowest BCUT2D eigenvalue weighted by Gasteiger charge is -2.31. The van der Waals surface area contributed by atoms with Crippen LogP contribution < -0.4 is 9.64 Å². The van der Waals surface area contributed by atoms with Crippen LogP contribution in [0.2, 0.25) is 0 Å². The van der Waals surface area contributed by atoms with Crippen molar-refractivity contribution in [3.05, 3.63) is 107 Å². The molecular formula is C36H44N4O4. The lowest BCUT2D eigenvalue weighted by molar-refractivity contribution is -0.120. The molecule has 0 fully saturated rings. The van der Waals surface area contributed by atoms with Gasteiger partial charge in [-0.1, -0.05) is 56.3 Å². The normalized spacial score (nSPS) is 14.4. The lowest BCUT2D eigenvalue weighted by atomic mass is 9.81. The number of carbonyl (C=O) groups is 1. The average Bonchev–Trinajstić information content (AvgIpc) is 3.51. The number of pyridine rings is 1. The van der Waals surface area contributed by atoms with Crippen molar-refractivity contribution < 1.29 is 19.0 Å². The van der Waals surface area contributed by atoms with Crippen LogP contribution in [0.3, 0.4) is 0 Å². The lowest BCUT2D eigenvalue weighted by Crippen LogP contribution is -2.36. The van der Waals surface area contributed by atoms with E-state index in [1.165, 1.54) is 0 Å². The molecule has 1 unspecified atom stereocenters. The highest BCUT2D eigenvalue weighted by Crippen LogP contribution is 2.39. The number of aromatic nitrogens is 3. The predicted molar refractivity (Wildman–Crippen MR) is 172 cm³/mol. The first-order valence-electron chi connectivity index (χ1n) is 15.8. The fourth-order valence-corrected chi connectivity index (χ4v) is 5.64. The van der Waals surface area contributed by atoms with Crippen molar-refractivity contribution in [1.82, 2.24) is 14.8 Å². The van der Waals surface area contributed by atoms with E-state index in [-0.39, 0.29) is 11.8 Å². The zero-order valence-electron chi connectivity index (χ0n) is 26.2. The summed E-state index contributed by atoms with van der Waals surface area (Å²) in [7, 11) is 0. The molecule has 232 valence electrons. The second kappa shape index (κ2) is 15.6. The SMILES string of the molecule is CCOCCOCCn1cc(CN(C(=O)C2CCCc3c(OCc4ccccc4)cccc32)c2ccc(C(C)C)nc2)cn1. The van der Waals surface area contributed by atoms with Crippen LogP contribution in [0.4, 0.5) is 5.69 Å². The standard InChI is InChI=1S/C36H44N4O4/c1-4-42-20-21-43-19-18-39-24-29(22-38-39)25-40(30-16-17-34(27(2)3)37-23-30)36(41)33-14-8-13-32-31(33)12-9-15-35(32)44-26-28-10-6-5-7-11-28/h5-7,9-12,15-17,22-24,27,33H,4,8,13-14,18-21,25-26H2,1-3H3. The summed E-state index contributed by atoms with van der Waals surface area (Å²) in [6.07, 6.45) is 8.27. The maximum Gasteiger partial charge on any atom is 0.234 e. The Balaban J connectivity index is 1.35. The zero-order chi connectivity index (χ0) is 30.7. The van der Waals surface area contributed by atoms with Gasteiger partial charge in [0, 0.05) is 24.1 Å². The number of ether oxygens (including phenoxy) is 3. The summed E-state index contributed by atoms with van der Waals surface area (Å²) in [5.74, 6) is 0.972. The number of carbonyl (C=O) groups excluding carboxylic acids is 1. The van der Waals surface area contributed by atoms with E-state index in [9.17, 15) is 4.79 Å². The van der Waals surface area contributed by atoms with Crippen LogP contribution in [0, 0.1) is 0 Å². The maximum atomic E-state index is 14.5. The van der Waals surface area contributed by atoms with Gasteiger partial charge in [-0.3, -0.25) is 14.5 Å². The molecular weight excluding hydrogens is 552 g/mol. The second-order valence-electron chi connectivity index (χ2n) is 11.5. The van der Waals surface area contributed by atoms with Crippen molar-refractivity contribution in [2.45, 2.75) is 71.6 Å². The Morgan fingerprint density at radius 2 is 1.82 bits per heavy atom. The van der Waals surface area contributed by atoms with Crippen molar-refractivity contribution in [1.29, 1.82) is 0 Å². The fraction of sp³-hybridized carbons (Fsp3) is 0.417. The number of amides is 1. The van der Waals surface area contributed by atoms with Gasteiger partial charge in [-0.25, -0.2) is 0 Å². The molecule has 8 nitrogen and oxygen atoms in total. The Labute approximate surface area is 261 Å². The molecule has 1 atom stereocenters. The van der Waals surface area contributed by atoms with Crippen molar-refractivity contribution >= 4 is 11.6 Å². The van der Waals surface area contributed by atoms with E-state index in [1.807, 2.05) is 77.6 Å². The molecule has 2 aromatic heterocycles. The molecule has 1 amide bonds. The van der Waals surface area contributed by atoms with Gasteiger partial charge >= 0.3 is 0 Å². The third-order valence-corrected chi connectivity index (χ3v) is 8.01. The maximum absolute atomic E-state index is 14.5. The number of hydrogen-bond acceptors (Lipinski definition) is 6. The molecule has 8 heteroatoms. The van der Waals surface area contributed by atoms with Gasteiger partial charge < -0.3 is 19.1 Å². The van der Waals surface area contributed by atoms with Crippen molar-refractivity contribution in [3.8, 4) is 5.75 Å². The Morgan fingerprint density at radius 3 is 2.59 bits per heavy atom. The molecule has 0 radical (unpaired) electrons. The summed E-state index contributed by atoms with van der Waals surface area (Å²) in [4.78, 5) is 21.0. The Morgan fingerprint density at radius 1 is 0.977 bits per heavy atom. The minimum Gasteiger partial charge on any atom is -0.489 e. The molecule has 0 bridgehead atoms. The van der Waals surface area contributed by atoms with Crippen LogP contribution in [-0.4, -0.2) is 47.1 Å². The first kappa shape index (κ1) is 31.4. The molecule has 0 saturated heterocycles. The Hall–Kier alpha value is -4.01. The summed E-state index contributed by atoms with van der Waals surface area (Å²) < 4.78 is 19.2. The molecule has 4 aromatic rings. The van der Waals surface area contributed by atoms with Crippen LogP contribution in [0.15, 0.2) is 79.3 Å². The van der Waals surface area contributed by atoms with Crippen LogP contribution in [0.25, 0.3) is 0 Å². The van der Waals surface area contributed by atoms with Gasteiger partial charge in [-0.2, -0.15) is 5.10 Å². The topological polar surface area (TPSA) is 78.7 Å². The third kappa shape index (κ3) is 8.12. The quantitative estimate of drug-likeness (QED) is 0.142. The molecule has 0 aliphatic heterocycles. The van der Waals surface area contributed by atoms with Gasteiger partial charge in [-0.05, 0) is 67.0 Å². The van der Waals surface area contributed by atoms with Crippen molar-refractivity contribution in [2.24, 2.45) is 0 Å². The zero-order valence-corrected chi connectivity index (χ0v) is 26.2. The Bertz CT molecular complexity index is 1470. The third-order valence-electron chi connectivity index (χ3n) is 8.01. The van der Waals surface area contributed by atoms with Gasteiger partial charge in [0.2, 0.25) is 5.91 Å². The minimum atomic E-state index is -0.266. The monoisotopic (exact) mass is 596 g/mol. The molecule has 5 rings (SSSR count).